The molecule has 0 radical (unpaired) electrons. The van der Waals surface area contributed by atoms with Crippen molar-refractivity contribution in [3.05, 3.63) is 89.6 Å². The number of anilines is 1. The number of nitrogens with one attached hydrogen (secondary N) is 2. The van der Waals surface area contributed by atoms with E-state index in [1.807, 2.05) is 42.5 Å². The molecule has 0 unspecified atom stereocenters. The molecule has 1 heterocycles. The zero-order valence-electron chi connectivity index (χ0n) is 16.0. The van der Waals surface area contributed by atoms with Crippen LogP contribution < -0.4 is 15.4 Å². The van der Waals surface area contributed by atoms with Crippen LogP contribution in [0.1, 0.15) is 21.5 Å². The smallest absolute Gasteiger partial charge is 0.251 e. The summed E-state index contributed by atoms with van der Waals surface area (Å²) in [6.45, 7) is 1.34. The van der Waals surface area contributed by atoms with Gasteiger partial charge in [0.1, 0.15) is 11.6 Å². The van der Waals surface area contributed by atoms with E-state index in [0.29, 0.717) is 17.9 Å². The summed E-state index contributed by atoms with van der Waals surface area (Å²) < 4.78 is 5.15. The van der Waals surface area contributed by atoms with E-state index in [4.69, 9.17) is 4.74 Å². The van der Waals surface area contributed by atoms with E-state index < -0.39 is 0 Å². The number of carbonyl (C=O) groups is 1. The average Bonchev–Trinajstić information content (AvgIpc) is 2.75. The van der Waals surface area contributed by atoms with Crippen molar-refractivity contribution in [2.45, 2.75) is 12.8 Å². The van der Waals surface area contributed by atoms with Crippen LogP contribution in [0.25, 0.3) is 0 Å². The Morgan fingerprint density at radius 2 is 1.64 bits per heavy atom. The van der Waals surface area contributed by atoms with Crippen LogP contribution in [-0.2, 0) is 12.8 Å². The van der Waals surface area contributed by atoms with Crippen molar-refractivity contribution >= 4 is 11.7 Å². The molecule has 0 aliphatic rings. The van der Waals surface area contributed by atoms with Crippen LogP contribution in [-0.4, -0.2) is 31.1 Å². The molecule has 5 nitrogen and oxygen atoms in total. The highest BCUT2D eigenvalue weighted by atomic mass is 16.5. The van der Waals surface area contributed by atoms with E-state index >= 15 is 0 Å². The molecule has 1 amide bonds. The molecule has 2 N–H and O–H groups in total. The van der Waals surface area contributed by atoms with Gasteiger partial charge in [-0.05, 0) is 48.2 Å². The molecule has 0 saturated carbocycles. The molecular formula is C23H25N3O2. The Labute approximate surface area is 165 Å². The molecule has 1 aromatic heterocycles. The Bertz CT molecular complexity index is 880. The van der Waals surface area contributed by atoms with Crippen LogP contribution in [0.3, 0.4) is 0 Å². The predicted molar refractivity (Wildman–Crippen MR) is 112 cm³/mol. The van der Waals surface area contributed by atoms with Gasteiger partial charge in [-0.3, -0.25) is 4.79 Å². The zero-order valence-corrected chi connectivity index (χ0v) is 16.0. The SMILES string of the molecule is COc1ccc(CCNC(=O)c2ccnc(NCCc3ccccc3)c2)cc1. The molecule has 0 atom stereocenters. The maximum atomic E-state index is 12.4. The van der Waals surface area contributed by atoms with Crippen LogP contribution in [0.5, 0.6) is 5.75 Å². The van der Waals surface area contributed by atoms with Gasteiger partial charge in [0, 0.05) is 24.8 Å². The van der Waals surface area contributed by atoms with Gasteiger partial charge < -0.3 is 15.4 Å². The molecule has 0 saturated heterocycles. The van der Waals surface area contributed by atoms with E-state index in [1.54, 1.807) is 25.4 Å². The Kier molecular flexibility index (Phi) is 7.01. The van der Waals surface area contributed by atoms with Crippen molar-refractivity contribution in [1.29, 1.82) is 0 Å². The quantitative estimate of drug-likeness (QED) is 0.598. The Balaban J connectivity index is 1.46. The summed E-state index contributed by atoms with van der Waals surface area (Å²) >= 11 is 0. The van der Waals surface area contributed by atoms with Crippen LogP contribution in [0.4, 0.5) is 5.82 Å². The first-order valence-corrected chi connectivity index (χ1v) is 9.39. The number of hydrogen-bond donors (Lipinski definition) is 2. The first-order chi connectivity index (χ1) is 13.7. The second-order valence-corrected chi connectivity index (χ2v) is 6.45. The fourth-order valence-corrected chi connectivity index (χ4v) is 2.86. The number of aromatic nitrogens is 1. The van der Waals surface area contributed by atoms with Crippen molar-refractivity contribution in [3.63, 3.8) is 0 Å². The average molecular weight is 375 g/mol. The Morgan fingerprint density at radius 3 is 2.39 bits per heavy atom. The number of pyridine rings is 1. The first-order valence-electron chi connectivity index (χ1n) is 9.39. The molecule has 5 heteroatoms. The van der Waals surface area contributed by atoms with Gasteiger partial charge in [0.2, 0.25) is 0 Å². The first kappa shape index (κ1) is 19.4. The van der Waals surface area contributed by atoms with Crippen molar-refractivity contribution < 1.29 is 9.53 Å². The summed E-state index contributed by atoms with van der Waals surface area (Å²) in [6, 6.07) is 21.6. The van der Waals surface area contributed by atoms with E-state index in [-0.39, 0.29) is 5.91 Å². The molecule has 0 bridgehead atoms. The van der Waals surface area contributed by atoms with E-state index in [9.17, 15) is 4.79 Å². The third-order valence-corrected chi connectivity index (χ3v) is 4.44. The zero-order chi connectivity index (χ0) is 19.6. The third kappa shape index (κ3) is 5.84. The molecule has 0 fully saturated rings. The number of amides is 1. The summed E-state index contributed by atoms with van der Waals surface area (Å²) in [6.07, 6.45) is 3.33. The molecule has 0 aliphatic carbocycles. The lowest BCUT2D eigenvalue weighted by atomic mass is 10.1. The Morgan fingerprint density at radius 1 is 0.929 bits per heavy atom. The standard InChI is InChI=1S/C23H25N3O2/c1-28-21-9-7-19(8-10-21)12-15-26-23(27)20-13-16-25-22(17-20)24-14-11-18-5-3-2-4-6-18/h2-10,13,16-17H,11-12,14-15H2,1H3,(H,24,25)(H,26,27). The molecule has 3 rings (SSSR count). The van der Waals surface area contributed by atoms with Crippen LogP contribution >= 0.6 is 0 Å². The van der Waals surface area contributed by atoms with Gasteiger partial charge in [-0.15, -0.1) is 0 Å². The van der Waals surface area contributed by atoms with Gasteiger partial charge in [-0.2, -0.15) is 0 Å². The molecule has 144 valence electrons. The van der Waals surface area contributed by atoms with Crippen LogP contribution in [0.2, 0.25) is 0 Å². The summed E-state index contributed by atoms with van der Waals surface area (Å²) in [7, 11) is 1.65. The van der Waals surface area contributed by atoms with Gasteiger partial charge in [-0.1, -0.05) is 42.5 Å². The third-order valence-electron chi connectivity index (χ3n) is 4.44. The number of hydrogen-bond acceptors (Lipinski definition) is 4. The second-order valence-electron chi connectivity index (χ2n) is 6.45. The van der Waals surface area contributed by atoms with Gasteiger partial charge >= 0.3 is 0 Å². The van der Waals surface area contributed by atoms with E-state index in [1.165, 1.54) is 5.56 Å². The summed E-state index contributed by atoms with van der Waals surface area (Å²) in [5.41, 5.74) is 3.02. The lowest BCUT2D eigenvalue weighted by Gasteiger charge is -2.09. The van der Waals surface area contributed by atoms with Gasteiger partial charge in [0.25, 0.3) is 5.91 Å². The summed E-state index contributed by atoms with van der Waals surface area (Å²) in [5, 5.41) is 6.24. The van der Waals surface area contributed by atoms with Gasteiger partial charge in [0.05, 0.1) is 7.11 Å². The molecule has 3 aromatic rings. The van der Waals surface area contributed by atoms with Crippen molar-refractivity contribution in [2.75, 3.05) is 25.5 Å². The fourth-order valence-electron chi connectivity index (χ4n) is 2.86. The molecule has 0 aliphatic heterocycles. The minimum atomic E-state index is -0.0954. The largest absolute Gasteiger partial charge is 0.497 e. The minimum Gasteiger partial charge on any atom is -0.497 e. The molecule has 0 spiro atoms. The van der Waals surface area contributed by atoms with Gasteiger partial charge in [-0.25, -0.2) is 4.98 Å². The predicted octanol–water partition coefficient (Wildman–Crippen LogP) is 3.72. The molecule has 2 aromatic carbocycles. The molecular weight excluding hydrogens is 350 g/mol. The Hall–Kier alpha value is -3.34. The number of benzene rings is 2. The number of methoxy groups -OCH3 is 1. The van der Waals surface area contributed by atoms with Gasteiger partial charge in [0.15, 0.2) is 0 Å². The fraction of sp³-hybridized carbons (Fsp3) is 0.217. The second kappa shape index (κ2) is 10.1. The highest BCUT2D eigenvalue weighted by Gasteiger charge is 2.06. The van der Waals surface area contributed by atoms with E-state index in [2.05, 4.69) is 27.8 Å². The lowest BCUT2D eigenvalue weighted by molar-refractivity contribution is 0.0954. The highest BCUT2D eigenvalue weighted by molar-refractivity contribution is 5.94. The monoisotopic (exact) mass is 375 g/mol. The number of ether oxygens (including phenoxy) is 1. The maximum Gasteiger partial charge on any atom is 0.251 e. The number of carbonyl (C=O) groups excluding carboxylic acids is 1. The molecule has 28 heavy (non-hydrogen) atoms. The minimum absolute atomic E-state index is 0.0954. The van der Waals surface area contributed by atoms with Crippen molar-refractivity contribution in [3.8, 4) is 5.75 Å². The summed E-state index contributed by atoms with van der Waals surface area (Å²) in [4.78, 5) is 16.7. The van der Waals surface area contributed by atoms with Crippen molar-refractivity contribution in [1.82, 2.24) is 10.3 Å². The van der Waals surface area contributed by atoms with Crippen LogP contribution in [0, 0.1) is 0 Å². The van der Waals surface area contributed by atoms with Crippen LogP contribution in [0.15, 0.2) is 72.9 Å². The maximum absolute atomic E-state index is 12.4. The normalized spacial score (nSPS) is 10.3. The summed E-state index contributed by atoms with van der Waals surface area (Å²) in [5.74, 6) is 1.44. The lowest BCUT2D eigenvalue weighted by Crippen LogP contribution is -2.25. The number of rotatable bonds is 9. The highest BCUT2D eigenvalue weighted by Crippen LogP contribution is 2.12. The number of nitrogens with zero attached hydrogens (tertiary/aromatic N) is 1. The topological polar surface area (TPSA) is 63.2 Å². The van der Waals surface area contributed by atoms with Crippen molar-refractivity contribution in [2.24, 2.45) is 0 Å². The van der Waals surface area contributed by atoms with E-state index in [0.717, 1.165) is 30.7 Å².